The number of phenols is 1. The lowest BCUT2D eigenvalue weighted by atomic mass is 9.95. The van der Waals surface area contributed by atoms with E-state index < -0.39 is 17.5 Å². The van der Waals surface area contributed by atoms with Crippen LogP contribution in [0.5, 0.6) is 5.75 Å². The molecule has 1 amide bonds. The minimum absolute atomic E-state index is 0.0288. The average Bonchev–Trinajstić information content (AvgIpc) is 3.32. The lowest BCUT2D eigenvalue weighted by molar-refractivity contribution is 0.0965. The molecule has 146 valence electrons. The van der Waals surface area contributed by atoms with Crippen molar-refractivity contribution in [2.24, 2.45) is 5.73 Å². The van der Waals surface area contributed by atoms with Crippen LogP contribution in [-0.4, -0.2) is 26.0 Å². The van der Waals surface area contributed by atoms with Gasteiger partial charge in [0, 0.05) is 12.6 Å². The van der Waals surface area contributed by atoms with Crippen LogP contribution < -0.4 is 5.73 Å². The molecule has 2 heterocycles. The van der Waals surface area contributed by atoms with Crippen LogP contribution in [0.2, 0.25) is 0 Å². The van der Waals surface area contributed by atoms with Crippen LogP contribution in [-0.2, 0) is 6.42 Å². The number of carbonyl (C=O) groups is 1. The summed E-state index contributed by atoms with van der Waals surface area (Å²) in [6.07, 6.45) is 7.47. The standard InChI is InChI=1S/C20H21FN4O3/c21-14-7-6-12(11-17(14)26)10-15-18(19(20(22)27)28-24-15)16-8-9-23-25(16)13-4-2-1-3-5-13/h6-9,11,13,26H,1-5,10H2,(H2,22,27). The molecule has 0 aliphatic heterocycles. The van der Waals surface area contributed by atoms with Crippen molar-refractivity contribution in [2.75, 3.05) is 0 Å². The Bertz CT molecular complexity index is 1000. The molecule has 2 aromatic heterocycles. The number of hydrogen-bond acceptors (Lipinski definition) is 5. The Balaban J connectivity index is 1.76. The minimum atomic E-state index is -0.716. The predicted molar refractivity (Wildman–Crippen MR) is 99.2 cm³/mol. The molecule has 3 aromatic rings. The van der Waals surface area contributed by atoms with E-state index in [1.165, 1.54) is 18.6 Å². The summed E-state index contributed by atoms with van der Waals surface area (Å²) in [5.74, 6) is -1.88. The van der Waals surface area contributed by atoms with Gasteiger partial charge in [-0.15, -0.1) is 0 Å². The Kier molecular flexibility index (Phi) is 4.85. The third-order valence-corrected chi connectivity index (χ3v) is 5.22. The Hall–Kier alpha value is -3.16. The van der Waals surface area contributed by atoms with Gasteiger partial charge in [0.15, 0.2) is 11.6 Å². The van der Waals surface area contributed by atoms with Crippen LogP contribution >= 0.6 is 0 Å². The number of primary amides is 1. The highest BCUT2D eigenvalue weighted by Gasteiger charge is 2.27. The number of halogens is 1. The Morgan fingerprint density at radius 2 is 2.07 bits per heavy atom. The van der Waals surface area contributed by atoms with Crippen molar-refractivity contribution in [3.63, 3.8) is 0 Å². The molecule has 1 aliphatic carbocycles. The number of carbonyl (C=O) groups excluding carboxylic acids is 1. The molecule has 0 atom stereocenters. The van der Waals surface area contributed by atoms with Crippen molar-refractivity contribution in [3.05, 3.63) is 53.3 Å². The first-order valence-electron chi connectivity index (χ1n) is 9.34. The molecule has 1 saturated carbocycles. The number of nitrogens with zero attached hydrogens (tertiary/aromatic N) is 3. The van der Waals surface area contributed by atoms with Crippen LogP contribution in [0.4, 0.5) is 4.39 Å². The van der Waals surface area contributed by atoms with Crippen LogP contribution in [0.3, 0.4) is 0 Å². The van der Waals surface area contributed by atoms with Crippen LogP contribution in [0.1, 0.15) is 60.0 Å². The van der Waals surface area contributed by atoms with E-state index in [-0.39, 0.29) is 18.2 Å². The highest BCUT2D eigenvalue weighted by atomic mass is 19.1. The van der Waals surface area contributed by atoms with Gasteiger partial charge in [-0.2, -0.15) is 5.10 Å². The van der Waals surface area contributed by atoms with E-state index in [1.807, 2.05) is 10.7 Å². The van der Waals surface area contributed by atoms with Crippen LogP contribution in [0.15, 0.2) is 35.0 Å². The van der Waals surface area contributed by atoms with Gasteiger partial charge in [-0.25, -0.2) is 4.39 Å². The number of aromatic hydroxyl groups is 1. The average molecular weight is 384 g/mol. The molecule has 0 bridgehead atoms. The van der Waals surface area contributed by atoms with Gasteiger partial charge in [-0.1, -0.05) is 30.5 Å². The molecule has 0 spiro atoms. The largest absolute Gasteiger partial charge is 0.505 e. The SMILES string of the molecule is NC(=O)c1onc(Cc2ccc(F)c(O)c2)c1-c1ccnn1C1CCCCC1. The molecule has 4 rings (SSSR count). The normalized spacial score (nSPS) is 15.0. The highest BCUT2D eigenvalue weighted by Crippen LogP contribution is 2.35. The highest BCUT2D eigenvalue weighted by molar-refractivity contribution is 5.97. The fraction of sp³-hybridized carbons (Fsp3) is 0.350. The maximum Gasteiger partial charge on any atom is 0.288 e. The van der Waals surface area contributed by atoms with Crippen LogP contribution in [0.25, 0.3) is 11.3 Å². The second-order valence-corrected chi connectivity index (χ2v) is 7.11. The molecule has 1 aliphatic rings. The summed E-state index contributed by atoms with van der Waals surface area (Å²) in [6, 6.07) is 6.13. The van der Waals surface area contributed by atoms with E-state index in [4.69, 9.17) is 10.3 Å². The summed E-state index contributed by atoms with van der Waals surface area (Å²) in [4.78, 5) is 11.9. The zero-order valence-electron chi connectivity index (χ0n) is 15.3. The molecular weight excluding hydrogens is 363 g/mol. The number of amides is 1. The number of benzene rings is 1. The number of phenolic OH excluding ortho intramolecular Hbond substituents is 1. The Morgan fingerprint density at radius 3 is 2.79 bits per heavy atom. The van der Waals surface area contributed by atoms with Crippen LogP contribution in [0, 0.1) is 5.82 Å². The van der Waals surface area contributed by atoms with Gasteiger partial charge in [-0.05, 0) is 36.6 Å². The molecule has 3 N–H and O–H groups in total. The lowest BCUT2D eigenvalue weighted by Gasteiger charge is -2.24. The van der Waals surface area contributed by atoms with Gasteiger partial charge in [0.2, 0.25) is 5.76 Å². The zero-order valence-corrected chi connectivity index (χ0v) is 15.3. The van der Waals surface area contributed by atoms with E-state index in [2.05, 4.69) is 10.3 Å². The van der Waals surface area contributed by atoms with Gasteiger partial charge in [-0.3, -0.25) is 9.48 Å². The smallest absolute Gasteiger partial charge is 0.288 e. The van der Waals surface area contributed by atoms with Gasteiger partial charge in [0.05, 0.1) is 23.0 Å². The van der Waals surface area contributed by atoms with Gasteiger partial charge >= 0.3 is 0 Å². The Labute approximate surface area is 160 Å². The summed E-state index contributed by atoms with van der Waals surface area (Å²) in [6.45, 7) is 0. The predicted octanol–water partition coefficient (Wildman–Crippen LogP) is 3.58. The summed E-state index contributed by atoms with van der Waals surface area (Å²) >= 11 is 0. The third kappa shape index (κ3) is 3.37. The molecule has 0 unspecified atom stereocenters. The molecular formula is C20H21FN4O3. The third-order valence-electron chi connectivity index (χ3n) is 5.22. The number of nitrogens with two attached hydrogens (primary N) is 1. The molecule has 7 nitrogen and oxygen atoms in total. The van der Waals surface area contributed by atoms with E-state index in [9.17, 15) is 14.3 Å². The monoisotopic (exact) mass is 384 g/mol. The molecule has 28 heavy (non-hydrogen) atoms. The summed E-state index contributed by atoms with van der Waals surface area (Å²) < 4.78 is 20.5. The first kappa shape index (κ1) is 18.2. The van der Waals surface area contributed by atoms with Crippen molar-refractivity contribution >= 4 is 5.91 Å². The summed E-state index contributed by atoms with van der Waals surface area (Å²) in [7, 11) is 0. The first-order chi connectivity index (χ1) is 13.5. The lowest BCUT2D eigenvalue weighted by Crippen LogP contribution is -2.17. The van der Waals surface area contributed by atoms with Crippen molar-refractivity contribution in [2.45, 2.75) is 44.6 Å². The topological polar surface area (TPSA) is 107 Å². The quantitative estimate of drug-likeness (QED) is 0.699. The Morgan fingerprint density at radius 1 is 1.29 bits per heavy atom. The second-order valence-electron chi connectivity index (χ2n) is 7.11. The number of rotatable bonds is 5. The number of hydrogen-bond donors (Lipinski definition) is 2. The van der Waals surface area contributed by atoms with E-state index in [1.54, 1.807) is 12.3 Å². The molecule has 8 heteroatoms. The fourth-order valence-electron chi connectivity index (χ4n) is 3.87. The van der Waals surface area contributed by atoms with Gasteiger partial charge in [0.1, 0.15) is 0 Å². The summed E-state index contributed by atoms with van der Waals surface area (Å²) in [5, 5.41) is 18.1. The fourth-order valence-corrected chi connectivity index (χ4v) is 3.87. The van der Waals surface area contributed by atoms with Crippen molar-refractivity contribution in [1.29, 1.82) is 0 Å². The molecule has 1 aromatic carbocycles. The van der Waals surface area contributed by atoms with Gasteiger partial charge < -0.3 is 15.4 Å². The second kappa shape index (κ2) is 7.46. The maximum atomic E-state index is 13.4. The zero-order chi connectivity index (χ0) is 19.7. The molecule has 1 fully saturated rings. The van der Waals surface area contributed by atoms with Crippen molar-refractivity contribution in [1.82, 2.24) is 14.9 Å². The molecule has 0 radical (unpaired) electrons. The summed E-state index contributed by atoms with van der Waals surface area (Å²) in [5.41, 5.74) is 7.85. The minimum Gasteiger partial charge on any atom is -0.505 e. The first-order valence-corrected chi connectivity index (χ1v) is 9.34. The van der Waals surface area contributed by atoms with Gasteiger partial charge in [0.25, 0.3) is 5.91 Å². The van der Waals surface area contributed by atoms with E-state index in [0.717, 1.165) is 31.4 Å². The number of aromatic nitrogens is 3. The maximum absolute atomic E-state index is 13.4. The molecule has 0 saturated heterocycles. The van der Waals surface area contributed by atoms with E-state index in [0.29, 0.717) is 16.8 Å². The van der Waals surface area contributed by atoms with Crippen molar-refractivity contribution < 1.29 is 18.8 Å². The van der Waals surface area contributed by atoms with E-state index >= 15 is 0 Å². The van der Waals surface area contributed by atoms with Crippen molar-refractivity contribution in [3.8, 4) is 17.0 Å².